The van der Waals surface area contributed by atoms with Crippen molar-refractivity contribution in [1.29, 1.82) is 0 Å². The van der Waals surface area contributed by atoms with Crippen molar-refractivity contribution in [2.45, 2.75) is 31.0 Å². The molecule has 1 unspecified atom stereocenters. The molecular weight excluding hydrogens is 461 g/mol. The second-order valence-electron chi connectivity index (χ2n) is 7.28. The zero-order valence-corrected chi connectivity index (χ0v) is 17.5. The second-order valence-corrected chi connectivity index (χ2v) is 7.28. The Morgan fingerprint density at radius 2 is 1.97 bits per heavy atom. The van der Waals surface area contributed by atoms with Crippen LogP contribution in [0.25, 0.3) is 6.08 Å². The molecular formula is C21H21F3N4O6. The first kappa shape index (κ1) is 25.1. The molecule has 0 bridgehead atoms. The van der Waals surface area contributed by atoms with Crippen molar-refractivity contribution >= 4 is 23.7 Å². The van der Waals surface area contributed by atoms with Gasteiger partial charge in [-0.1, -0.05) is 30.4 Å². The third kappa shape index (κ3) is 6.07. The number of hydrogen-bond acceptors (Lipinski definition) is 7. The van der Waals surface area contributed by atoms with Crippen molar-refractivity contribution in [2.75, 3.05) is 18.5 Å². The van der Waals surface area contributed by atoms with E-state index in [1.807, 2.05) is 0 Å². The quantitative estimate of drug-likeness (QED) is 0.458. The van der Waals surface area contributed by atoms with Crippen LogP contribution in [-0.2, 0) is 9.53 Å². The standard InChI is InChI=1S/C21H21F3N4O6/c22-21(23,24)19(32)25-8-4-7-13-10-28(16-9-14(30)15(11-29)34-16)20(33)27-17(13)26-18(31)12-5-2-1-3-6-12/h1-7,10,14-16,29-30H,8-9,11H2,(H,25,32)(H,26,27,31,33)/t14?,15-,16-/m1/s1. The van der Waals surface area contributed by atoms with Gasteiger partial charge in [-0.2, -0.15) is 18.2 Å². The molecule has 1 fully saturated rings. The van der Waals surface area contributed by atoms with Gasteiger partial charge in [-0.15, -0.1) is 0 Å². The van der Waals surface area contributed by atoms with Crippen LogP contribution in [0, 0.1) is 0 Å². The Morgan fingerprint density at radius 3 is 2.59 bits per heavy atom. The number of rotatable bonds is 7. The van der Waals surface area contributed by atoms with Crippen molar-refractivity contribution in [3.05, 3.63) is 64.2 Å². The lowest BCUT2D eigenvalue weighted by Gasteiger charge is -2.16. The predicted octanol–water partition coefficient (Wildman–Crippen LogP) is 0.828. The van der Waals surface area contributed by atoms with Gasteiger partial charge in [0.1, 0.15) is 18.1 Å². The first-order chi connectivity index (χ1) is 16.1. The highest BCUT2D eigenvalue weighted by molar-refractivity contribution is 6.04. The summed E-state index contributed by atoms with van der Waals surface area (Å²) in [6.07, 6.45) is -4.29. The first-order valence-electron chi connectivity index (χ1n) is 10.1. The average Bonchev–Trinajstić information content (AvgIpc) is 3.17. The number of amides is 2. The Kier molecular flexibility index (Phi) is 7.81. The number of carbonyl (C=O) groups excluding carboxylic acids is 2. The zero-order valence-electron chi connectivity index (χ0n) is 17.5. The van der Waals surface area contributed by atoms with Gasteiger partial charge in [0.05, 0.1) is 12.7 Å². The number of aromatic nitrogens is 2. The minimum absolute atomic E-state index is 0.0205. The molecule has 1 aromatic carbocycles. The second kappa shape index (κ2) is 10.6. The summed E-state index contributed by atoms with van der Waals surface area (Å²) in [4.78, 5) is 39.9. The fourth-order valence-corrected chi connectivity index (χ4v) is 3.17. The number of aliphatic hydroxyl groups excluding tert-OH is 2. The highest BCUT2D eigenvalue weighted by Crippen LogP contribution is 2.28. The van der Waals surface area contributed by atoms with Crippen molar-refractivity contribution in [3.8, 4) is 0 Å². The lowest BCUT2D eigenvalue weighted by atomic mass is 10.2. The smallest absolute Gasteiger partial charge is 0.394 e. The van der Waals surface area contributed by atoms with E-state index in [-0.39, 0.29) is 23.4 Å². The average molecular weight is 482 g/mol. The molecule has 1 saturated heterocycles. The van der Waals surface area contributed by atoms with Crippen molar-refractivity contribution in [3.63, 3.8) is 0 Å². The molecule has 13 heteroatoms. The first-order valence-corrected chi connectivity index (χ1v) is 10.1. The van der Waals surface area contributed by atoms with Crippen LogP contribution in [0.15, 0.2) is 47.4 Å². The molecule has 10 nitrogen and oxygen atoms in total. The molecule has 2 aromatic rings. The van der Waals surface area contributed by atoms with Crippen LogP contribution in [0.1, 0.15) is 28.6 Å². The van der Waals surface area contributed by atoms with Gasteiger partial charge in [0, 0.05) is 30.3 Å². The van der Waals surface area contributed by atoms with Gasteiger partial charge >= 0.3 is 17.8 Å². The maximum atomic E-state index is 12.6. The Labute approximate surface area is 190 Å². The van der Waals surface area contributed by atoms with E-state index in [0.717, 1.165) is 4.57 Å². The molecule has 0 radical (unpaired) electrons. The van der Waals surface area contributed by atoms with Crippen LogP contribution in [0.4, 0.5) is 19.0 Å². The molecule has 0 saturated carbocycles. The van der Waals surface area contributed by atoms with Gasteiger partial charge in [-0.25, -0.2) is 4.79 Å². The topological polar surface area (TPSA) is 143 Å². The molecule has 3 atom stereocenters. The van der Waals surface area contributed by atoms with Gasteiger partial charge in [0.15, 0.2) is 0 Å². The van der Waals surface area contributed by atoms with Gasteiger partial charge < -0.3 is 25.6 Å². The Bertz CT molecular complexity index is 1120. The van der Waals surface area contributed by atoms with Crippen LogP contribution in [0.5, 0.6) is 0 Å². The van der Waals surface area contributed by atoms with Gasteiger partial charge in [0.25, 0.3) is 5.91 Å². The number of ether oxygens (including phenoxy) is 1. The molecule has 1 aliphatic rings. The Morgan fingerprint density at radius 1 is 1.26 bits per heavy atom. The predicted molar refractivity (Wildman–Crippen MR) is 113 cm³/mol. The Balaban J connectivity index is 1.88. The van der Waals surface area contributed by atoms with Crippen molar-refractivity contribution < 1.29 is 37.7 Å². The molecule has 0 spiro atoms. The molecule has 182 valence electrons. The van der Waals surface area contributed by atoms with Gasteiger partial charge in [-0.3, -0.25) is 14.2 Å². The number of carbonyl (C=O) groups is 2. The summed E-state index contributed by atoms with van der Waals surface area (Å²) in [5.74, 6) is -2.88. The number of halogens is 3. The summed E-state index contributed by atoms with van der Waals surface area (Å²) in [7, 11) is 0. The number of benzene rings is 1. The normalized spacial score (nSPS) is 20.4. The summed E-state index contributed by atoms with van der Waals surface area (Å²) in [5, 5.41) is 23.4. The molecule has 1 aromatic heterocycles. The fraction of sp³-hybridized carbons (Fsp3) is 0.333. The van der Waals surface area contributed by atoms with E-state index in [1.54, 1.807) is 23.5 Å². The van der Waals surface area contributed by atoms with E-state index in [9.17, 15) is 37.8 Å². The maximum absolute atomic E-state index is 12.6. The van der Waals surface area contributed by atoms with E-state index < -0.39 is 55.3 Å². The van der Waals surface area contributed by atoms with Gasteiger partial charge in [-0.05, 0) is 12.1 Å². The largest absolute Gasteiger partial charge is 0.471 e. The van der Waals surface area contributed by atoms with E-state index >= 15 is 0 Å². The van der Waals surface area contributed by atoms with E-state index in [4.69, 9.17) is 4.74 Å². The minimum atomic E-state index is -5.04. The number of anilines is 1. The molecule has 0 aliphatic carbocycles. The molecule has 4 N–H and O–H groups in total. The maximum Gasteiger partial charge on any atom is 0.471 e. The Hall–Kier alpha value is -3.55. The highest BCUT2D eigenvalue weighted by atomic mass is 19.4. The number of nitrogens with one attached hydrogen (secondary N) is 2. The molecule has 2 amide bonds. The van der Waals surface area contributed by atoms with Crippen LogP contribution >= 0.6 is 0 Å². The van der Waals surface area contributed by atoms with Crippen LogP contribution < -0.4 is 16.3 Å². The number of nitrogens with zero attached hydrogens (tertiary/aromatic N) is 2. The fourth-order valence-electron chi connectivity index (χ4n) is 3.17. The lowest BCUT2D eigenvalue weighted by Crippen LogP contribution is -2.36. The number of hydrogen-bond donors (Lipinski definition) is 4. The van der Waals surface area contributed by atoms with Crippen molar-refractivity contribution in [2.24, 2.45) is 0 Å². The summed E-state index contributed by atoms with van der Waals surface area (Å²) in [6, 6.07) is 8.02. The SMILES string of the molecule is O=C(Nc1nc(=O)n([C@H]2CC(O)[C@@H](CO)O2)cc1C=CCNC(=O)C(F)(F)F)c1ccccc1. The molecule has 3 rings (SSSR count). The minimum Gasteiger partial charge on any atom is -0.394 e. The lowest BCUT2D eigenvalue weighted by molar-refractivity contribution is -0.173. The summed E-state index contributed by atoms with van der Waals surface area (Å²) in [5.41, 5.74) is -0.439. The molecule has 34 heavy (non-hydrogen) atoms. The number of aliphatic hydroxyl groups is 2. The summed E-state index contributed by atoms with van der Waals surface area (Å²) in [6.45, 7) is -0.967. The number of alkyl halides is 3. The van der Waals surface area contributed by atoms with E-state index in [1.165, 1.54) is 30.5 Å². The van der Waals surface area contributed by atoms with Gasteiger partial charge in [0.2, 0.25) is 0 Å². The zero-order chi connectivity index (χ0) is 24.9. The highest BCUT2D eigenvalue weighted by Gasteiger charge is 2.38. The van der Waals surface area contributed by atoms with Crippen LogP contribution in [0.3, 0.4) is 0 Å². The molecule has 1 aliphatic heterocycles. The molecule has 2 heterocycles. The summed E-state index contributed by atoms with van der Waals surface area (Å²) < 4.78 is 43.5. The van der Waals surface area contributed by atoms with E-state index in [2.05, 4.69) is 10.3 Å². The van der Waals surface area contributed by atoms with Crippen molar-refractivity contribution in [1.82, 2.24) is 14.9 Å². The van der Waals surface area contributed by atoms with Crippen LogP contribution in [-0.4, -0.2) is 63.1 Å². The summed E-state index contributed by atoms with van der Waals surface area (Å²) >= 11 is 0. The van der Waals surface area contributed by atoms with Crippen LogP contribution in [0.2, 0.25) is 0 Å². The monoisotopic (exact) mass is 482 g/mol. The third-order valence-electron chi connectivity index (χ3n) is 4.88. The third-order valence-corrected chi connectivity index (χ3v) is 4.88. The van der Waals surface area contributed by atoms with E-state index in [0.29, 0.717) is 0 Å².